The molecule has 0 radical (unpaired) electrons. The van der Waals surface area contributed by atoms with Gasteiger partial charge < -0.3 is 15.2 Å². The maximum absolute atomic E-state index is 12.2. The van der Waals surface area contributed by atoms with Gasteiger partial charge in [-0.3, -0.25) is 4.98 Å². The van der Waals surface area contributed by atoms with E-state index in [1.165, 1.54) is 18.3 Å². The molecule has 1 aromatic carbocycles. The highest BCUT2D eigenvalue weighted by molar-refractivity contribution is 9.10. The molecule has 4 nitrogen and oxygen atoms in total. The minimum Gasteiger partial charge on any atom is -0.457 e. The van der Waals surface area contributed by atoms with E-state index < -0.39 is 6.36 Å². The first kappa shape index (κ1) is 15.6. The molecule has 0 spiro atoms. The Balaban J connectivity index is 2.21. The van der Waals surface area contributed by atoms with Gasteiger partial charge in [0.15, 0.2) is 0 Å². The number of nitrogens with two attached hydrogens (primary N) is 1. The number of halogens is 4. The third-order valence-corrected chi connectivity index (χ3v) is 3.06. The van der Waals surface area contributed by atoms with Crippen molar-refractivity contribution in [1.82, 2.24) is 4.98 Å². The van der Waals surface area contributed by atoms with Gasteiger partial charge in [-0.15, -0.1) is 13.2 Å². The summed E-state index contributed by atoms with van der Waals surface area (Å²) in [5.41, 5.74) is 6.24. The molecule has 1 aromatic heterocycles. The van der Waals surface area contributed by atoms with E-state index in [0.29, 0.717) is 17.1 Å². The maximum Gasteiger partial charge on any atom is 0.573 e. The lowest BCUT2D eigenvalue weighted by Gasteiger charge is -2.13. The van der Waals surface area contributed by atoms with Crippen molar-refractivity contribution in [1.29, 1.82) is 0 Å². The summed E-state index contributed by atoms with van der Waals surface area (Å²) < 4.78 is 46.1. The van der Waals surface area contributed by atoms with E-state index in [2.05, 4.69) is 25.7 Å². The Morgan fingerprint density at radius 1 is 1.19 bits per heavy atom. The molecule has 0 aliphatic heterocycles. The zero-order valence-corrected chi connectivity index (χ0v) is 12.1. The summed E-state index contributed by atoms with van der Waals surface area (Å²) in [5.74, 6) is 0.491. The van der Waals surface area contributed by atoms with Crippen LogP contribution in [-0.4, -0.2) is 11.3 Å². The summed E-state index contributed by atoms with van der Waals surface area (Å²) in [6, 6.07) is 5.53. The lowest BCUT2D eigenvalue weighted by molar-refractivity contribution is -0.274. The SMILES string of the molecule is NCc1cnccc1Oc1ccc(OC(F)(F)F)c(Br)c1. The van der Waals surface area contributed by atoms with Gasteiger partial charge in [-0.2, -0.15) is 0 Å². The molecule has 8 heteroatoms. The van der Waals surface area contributed by atoms with Crippen molar-refractivity contribution < 1.29 is 22.6 Å². The molecule has 0 aliphatic rings. The molecule has 0 aliphatic carbocycles. The molecule has 21 heavy (non-hydrogen) atoms. The molecule has 0 unspecified atom stereocenters. The maximum atomic E-state index is 12.2. The van der Waals surface area contributed by atoms with Crippen molar-refractivity contribution in [3.63, 3.8) is 0 Å². The number of rotatable bonds is 4. The lowest BCUT2D eigenvalue weighted by Crippen LogP contribution is -2.17. The zero-order valence-electron chi connectivity index (χ0n) is 10.5. The minimum atomic E-state index is -4.75. The van der Waals surface area contributed by atoms with E-state index in [0.717, 1.165) is 6.07 Å². The molecule has 2 rings (SSSR count). The standard InChI is InChI=1S/C13H10BrF3N2O2/c14-10-5-9(1-2-12(10)21-13(15,16)17)20-11-3-4-19-7-8(11)6-18/h1-5,7H,6,18H2. The molecule has 0 saturated carbocycles. The van der Waals surface area contributed by atoms with Gasteiger partial charge in [-0.1, -0.05) is 0 Å². The second kappa shape index (κ2) is 6.31. The third kappa shape index (κ3) is 4.33. The number of alkyl halides is 3. The van der Waals surface area contributed by atoms with Crippen LogP contribution >= 0.6 is 15.9 Å². The molecular formula is C13H10BrF3N2O2. The van der Waals surface area contributed by atoms with Gasteiger partial charge in [-0.05, 0) is 40.2 Å². The quantitative estimate of drug-likeness (QED) is 0.893. The molecular weight excluding hydrogens is 353 g/mol. The Kier molecular flexibility index (Phi) is 4.69. The normalized spacial score (nSPS) is 11.3. The molecule has 0 atom stereocenters. The molecule has 0 amide bonds. The second-order valence-corrected chi connectivity index (χ2v) is 4.78. The Hall–Kier alpha value is -1.80. The lowest BCUT2D eigenvalue weighted by atomic mass is 10.2. The Bertz CT molecular complexity index is 635. The van der Waals surface area contributed by atoms with Crippen LogP contribution in [0.1, 0.15) is 5.56 Å². The van der Waals surface area contributed by atoms with Gasteiger partial charge >= 0.3 is 6.36 Å². The first-order valence-electron chi connectivity index (χ1n) is 5.75. The molecule has 112 valence electrons. The number of nitrogens with zero attached hydrogens (tertiary/aromatic N) is 1. The number of hydrogen-bond acceptors (Lipinski definition) is 4. The minimum absolute atomic E-state index is 0.126. The molecule has 0 bridgehead atoms. The van der Waals surface area contributed by atoms with Crippen LogP contribution < -0.4 is 15.2 Å². The number of aromatic nitrogens is 1. The average Bonchev–Trinajstić information content (AvgIpc) is 2.41. The summed E-state index contributed by atoms with van der Waals surface area (Å²) in [6.07, 6.45) is -1.65. The van der Waals surface area contributed by atoms with E-state index in [9.17, 15) is 13.2 Å². The zero-order chi connectivity index (χ0) is 15.5. The smallest absolute Gasteiger partial charge is 0.457 e. The van der Waals surface area contributed by atoms with Crippen LogP contribution in [0.3, 0.4) is 0 Å². The van der Waals surface area contributed by atoms with Crippen molar-refractivity contribution >= 4 is 15.9 Å². The van der Waals surface area contributed by atoms with E-state index in [4.69, 9.17) is 10.5 Å². The van der Waals surface area contributed by atoms with Crippen LogP contribution in [0.2, 0.25) is 0 Å². The predicted molar refractivity (Wildman–Crippen MR) is 73.0 cm³/mol. The van der Waals surface area contributed by atoms with Crippen molar-refractivity contribution in [2.75, 3.05) is 0 Å². The highest BCUT2D eigenvalue weighted by Crippen LogP contribution is 2.35. The van der Waals surface area contributed by atoms with Crippen LogP contribution in [0.5, 0.6) is 17.2 Å². The van der Waals surface area contributed by atoms with E-state index in [-0.39, 0.29) is 16.8 Å². The number of hydrogen-bond donors (Lipinski definition) is 1. The van der Waals surface area contributed by atoms with E-state index in [1.54, 1.807) is 12.3 Å². The Labute approximate surface area is 126 Å². The number of benzene rings is 1. The summed E-state index contributed by atoms with van der Waals surface area (Å²) in [7, 11) is 0. The summed E-state index contributed by atoms with van der Waals surface area (Å²) >= 11 is 3.01. The fraction of sp³-hybridized carbons (Fsp3) is 0.154. The molecule has 0 saturated heterocycles. The van der Waals surface area contributed by atoms with Crippen LogP contribution in [0, 0.1) is 0 Å². The second-order valence-electron chi connectivity index (χ2n) is 3.93. The molecule has 1 heterocycles. The van der Waals surface area contributed by atoms with Gasteiger partial charge in [0.25, 0.3) is 0 Å². The topological polar surface area (TPSA) is 57.4 Å². The van der Waals surface area contributed by atoms with Gasteiger partial charge in [-0.25, -0.2) is 0 Å². The third-order valence-electron chi connectivity index (χ3n) is 2.44. The highest BCUT2D eigenvalue weighted by Gasteiger charge is 2.32. The fourth-order valence-electron chi connectivity index (χ4n) is 1.55. The molecule has 0 fully saturated rings. The molecule has 2 N–H and O–H groups in total. The number of pyridine rings is 1. The van der Waals surface area contributed by atoms with E-state index >= 15 is 0 Å². The van der Waals surface area contributed by atoms with Crippen molar-refractivity contribution in [2.24, 2.45) is 5.73 Å². The van der Waals surface area contributed by atoms with Crippen LogP contribution in [-0.2, 0) is 6.54 Å². The van der Waals surface area contributed by atoms with Crippen molar-refractivity contribution in [2.45, 2.75) is 12.9 Å². The van der Waals surface area contributed by atoms with Gasteiger partial charge in [0.1, 0.15) is 17.2 Å². The van der Waals surface area contributed by atoms with E-state index in [1.807, 2.05) is 0 Å². The van der Waals surface area contributed by atoms with Crippen LogP contribution in [0.25, 0.3) is 0 Å². The highest BCUT2D eigenvalue weighted by atomic mass is 79.9. The number of ether oxygens (including phenoxy) is 2. The largest absolute Gasteiger partial charge is 0.573 e. The first-order valence-corrected chi connectivity index (χ1v) is 6.54. The van der Waals surface area contributed by atoms with Gasteiger partial charge in [0.2, 0.25) is 0 Å². The Morgan fingerprint density at radius 2 is 1.95 bits per heavy atom. The van der Waals surface area contributed by atoms with Crippen molar-refractivity contribution in [3.05, 3.63) is 46.7 Å². The van der Waals surface area contributed by atoms with Gasteiger partial charge in [0, 0.05) is 24.5 Å². The fourth-order valence-corrected chi connectivity index (χ4v) is 1.99. The average molecular weight is 363 g/mol. The first-order chi connectivity index (χ1) is 9.89. The van der Waals surface area contributed by atoms with Crippen LogP contribution in [0.4, 0.5) is 13.2 Å². The predicted octanol–water partition coefficient (Wildman–Crippen LogP) is 3.99. The molecule has 2 aromatic rings. The van der Waals surface area contributed by atoms with Crippen molar-refractivity contribution in [3.8, 4) is 17.2 Å². The van der Waals surface area contributed by atoms with Gasteiger partial charge in [0.05, 0.1) is 4.47 Å². The van der Waals surface area contributed by atoms with Crippen LogP contribution in [0.15, 0.2) is 41.1 Å². The summed E-state index contributed by atoms with van der Waals surface area (Å²) in [6.45, 7) is 0.236. The summed E-state index contributed by atoms with van der Waals surface area (Å²) in [5, 5.41) is 0. The Morgan fingerprint density at radius 3 is 2.57 bits per heavy atom. The summed E-state index contributed by atoms with van der Waals surface area (Å²) in [4.78, 5) is 3.92. The monoisotopic (exact) mass is 362 g/mol.